The van der Waals surface area contributed by atoms with Crippen LogP contribution >= 0.6 is 11.6 Å². The molecule has 2 rings (SSSR count). The molecule has 1 unspecified atom stereocenters. The van der Waals surface area contributed by atoms with Gasteiger partial charge >= 0.3 is 0 Å². The maximum Gasteiger partial charge on any atom is 0.124 e. The second-order valence-corrected chi connectivity index (χ2v) is 5.07. The third-order valence-corrected chi connectivity index (χ3v) is 3.54. The largest absolute Gasteiger partial charge is 0.271 e. The van der Waals surface area contributed by atoms with Gasteiger partial charge in [0.2, 0.25) is 0 Å². The number of benzene rings is 1. The lowest BCUT2D eigenvalue weighted by Gasteiger charge is -2.16. The molecule has 5 heteroatoms. The summed E-state index contributed by atoms with van der Waals surface area (Å²) in [5, 5.41) is 0.433. The summed E-state index contributed by atoms with van der Waals surface area (Å²) in [4.78, 5) is 4.28. The Kier molecular flexibility index (Phi) is 5.47. The molecular weight excluding hydrogens is 277 g/mol. The number of hydrazine groups is 1. The highest BCUT2D eigenvalue weighted by Gasteiger charge is 2.11. The molecule has 1 aromatic heterocycles. The Morgan fingerprint density at radius 1 is 1.30 bits per heavy atom. The molecule has 0 saturated carbocycles. The molecule has 3 nitrogen and oxygen atoms in total. The molecule has 0 aliphatic carbocycles. The fourth-order valence-corrected chi connectivity index (χ4v) is 2.31. The molecule has 2 aromatic rings. The third kappa shape index (κ3) is 4.27. The van der Waals surface area contributed by atoms with Gasteiger partial charge in [0.05, 0.1) is 0 Å². The molecule has 0 aliphatic heterocycles. The quantitative estimate of drug-likeness (QED) is 0.636. The first-order valence-electron chi connectivity index (χ1n) is 6.49. The van der Waals surface area contributed by atoms with E-state index in [9.17, 15) is 4.39 Å². The van der Waals surface area contributed by atoms with E-state index in [2.05, 4.69) is 10.4 Å². The lowest BCUT2D eigenvalue weighted by atomic mass is 10.0. The first kappa shape index (κ1) is 14.9. The minimum atomic E-state index is -0.329. The maximum absolute atomic E-state index is 13.0. The first-order chi connectivity index (χ1) is 9.69. The summed E-state index contributed by atoms with van der Waals surface area (Å²) < 4.78 is 13.0. The van der Waals surface area contributed by atoms with Gasteiger partial charge in [0.15, 0.2) is 0 Å². The average molecular weight is 294 g/mol. The van der Waals surface area contributed by atoms with E-state index in [0.717, 1.165) is 24.1 Å². The lowest BCUT2D eigenvalue weighted by molar-refractivity contribution is 0.489. The van der Waals surface area contributed by atoms with Gasteiger partial charge in [-0.05, 0) is 49.1 Å². The van der Waals surface area contributed by atoms with Crippen LogP contribution < -0.4 is 11.3 Å². The van der Waals surface area contributed by atoms with Crippen LogP contribution in [0.15, 0.2) is 42.6 Å². The standard InChI is InChI=1S/C15H17ClFN3/c16-15-10-12(17)5-4-11(15)9-14(20-18)7-6-13-3-1-2-8-19-13/h1-5,8,10,14,20H,6-7,9,18H2. The number of hydrogen-bond acceptors (Lipinski definition) is 3. The Hall–Kier alpha value is -1.49. The van der Waals surface area contributed by atoms with Gasteiger partial charge in [0, 0.05) is 23.0 Å². The van der Waals surface area contributed by atoms with Crippen molar-refractivity contribution in [1.82, 2.24) is 10.4 Å². The normalized spacial score (nSPS) is 12.3. The van der Waals surface area contributed by atoms with Crippen molar-refractivity contribution in [1.29, 1.82) is 0 Å². The van der Waals surface area contributed by atoms with Gasteiger partial charge in [0.1, 0.15) is 5.82 Å². The number of hydrogen-bond donors (Lipinski definition) is 2. The Balaban J connectivity index is 1.95. The van der Waals surface area contributed by atoms with Crippen molar-refractivity contribution >= 4 is 11.6 Å². The van der Waals surface area contributed by atoms with Crippen molar-refractivity contribution in [2.45, 2.75) is 25.3 Å². The van der Waals surface area contributed by atoms with Gasteiger partial charge in [-0.25, -0.2) is 4.39 Å². The molecule has 0 spiro atoms. The molecule has 1 heterocycles. The first-order valence-corrected chi connectivity index (χ1v) is 6.87. The minimum absolute atomic E-state index is 0.0694. The number of rotatable bonds is 6. The van der Waals surface area contributed by atoms with Crippen LogP contribution in [0, 0.1) is 5.82 Å². The molecule has 0 aliphatic rings. The van der Waals surface area contributed by atoms with Crippen LogP contribution in [0.1, 0.15) is 17.7 Å². The number of nitrogens with zero attached hydrogens (tertiary/aromatic N) is 1. The molecule has 0 fully saturated rings. The van der Waals surface area contributed by atoms with E-state index in [1.807, 2.05) is 18.2 Å². The van der Waals surface area contributed by atoms with Crippen LogP contribution in [0.25, 0.3) is 0 Å². The zero-order valence-corrected chi connectivity index (χ0v) is 11.8. The van der Waals surface area contributed by atoms with Gasteiger partial charge in [-0.2, -0.15) is 0 Å². The highest BCUT2D eigenvalue weighted by molar-refractivity contribution is 6.31. The smallest absolute Gasteiger partial charge is 0.124 e. The van der Waals surface area contributed by atoms with Crippen molar-refractivity contribution in [2.75, 3.05) is 0 Å². The monoisotopic (exact) mass is 293 g/mol. The maximum atomic E-state index is 13.0. The van der Waals surface area contributed by atoms with Gasteiger partial charge in [0.25, 0.3) is 0 Å². The van der Waals surface area contributed by atoms with Gasteiger partial charge in [-0.1, -0.05) is 23.7 Å². The fourth-order valence-electron chi connectivity index (χ4n) is 2.07. The average Bonchev–Trinajstić information content (AvgIpc) is 2.46. The molecule has 0 bridgehead atoms. The SMILES string of the molecule is NNC(CCc1ccccn1)Cc1ccc(F)cc1Cl. The fraction of sp³-hybridized carbons (Fsp3) is 0.267. The van der Waals surface area contributed by atoms with Crippen molar-refractivity contribution in [3.05, 3.63) is 64.7 Å². The molecule has 20 heavy (non-hydrogen) atoms. The van der Waals surface area contributed by atoms with Gasteiger partial charge in [-0.3, -0.25) is 16.3 Å². The van der Waals surface area contributed by atoms with Crippen molar-refractivity contribution in [2.24, 2.45) is 5.84 Å². The molecular formula is C15H17ClFN3. The van der Waals surface area contributed by atoms with Gasteiger partial charge < -0.3 is 0 Å². The van der Waals surface area contributed by atoms with Crippen LogP contribution in [0.3, 0.4) is 0 Å². The summed E-state index contributed by atoms with van der Waals surface area (Å²) in [5.74, 6) is 5.25. The number of nitrogens with two attached hydrogens (primary N) is 1. The van der Waals surface area contributed by atoms with Crippen LogP contribution in [0.4, 0.5) is 4.39 Å². The predicted molar refractivity (Wildman–Crippen MR) is 78.8 cm³/mol. The van der Waals surface area contributed by atoms with E-state index in [-0.39, 0.29) is 11.9 Å². The zero-order valence-electron chi connectivity index (χ0n) is 11.0. The summed E-state index contributed by atoms with van der Waals surface area (Å²) in [6, 6.07) is 10.3. The third-order valence-electron chi connectivity index (χ3n) is 3.19. The van der Waals surface area contributed by atoms with E-state index in [0.29, 0.717) is 11.4 Å². The van der Waals surface area contributed by atoms with Gasteiger partial charge in [-0.15, -0.1) is 0 Å². The Morgan fingerprint density at radius 3 is 2.80 bits per heavy atom. The van der Waals surface area contributed by atoms with Crippen molar-refractivity contribution < 1.29 is 4.39 Å². The van der Waals surface area contributed by atoms with Crippen molar-refractivity contribution in [3.8, 4) is 0 Å². The number of aromatic nitrogens is 1. The molecule has 0 amide bonds. The van der Waals surface area contributed by atoms with Crippen molar-refractivity contribution in [3.63, 3.8) is 0 Å². The van der Waals surface area contributed by atoms with Crippen LogP contribution in [0.5, 0.6) is 0 Å². The van der Waals surface area contributed by atoms with E-state index < -0.39 is 0 Å². The summed E-state index contributed by atoms with van der Waals surface area (Å²) in [6.07, 6.45) is 4.09. The van der Waals surface area contributed by atoms with E-state index >= 15 is 0 Å². The topological polar surface area (TPSA) is 50.9 Å². The number of aryl methyl sites for hydroxylation is 1. The molecule has 0 radical (unpaired) electrons. The van der Waals surface area contributed by atoms with E-state index in [4.69, 9.17) is 17.4 Å². The summed E-state index contributed by atoms with van der Waals surface area (Å²) in [5.41, 5.74) is 4.69. The molecule has 1 aromatic carbocycles. The zero-order chi connectivity index (χ0) is 14.4. The van der Waals surface area contributed by atoms with Crippen LogP contribution in [-0.2, 0) is 12.8 Å². The van der Waals surface area contributed by atoms with Crippen LogP contribution in [-0.4, -0.2) is 11.0 Å². The lowest BCUT2D eigenvalue weighted by Crippen LogP contribution is -2.37. The van der Waals surface area contributed by atoms with E-state index in [1.165, 1.54) is 12.1 Å². The minimum Gasteiger partial charge on any atom is -0.271 e. The summed E-state index contributed by atoms with van der Waals surface area (Å²) in [7, 11) is 0. The second-order valence-electron chi connectivity index (χ2n) is 4.66. The Labute approximate surface area is 122 Å². The summed E-state index contributed by atoms with van der Waals surface area (Å²) in [6.45, 7) is 0. The highest BCUT2D eigenvalue weighted by atomic mass is 35.5. The Morgan fingerprint density at radius 2 is 2.15 bits per heavy atom. The number of halogens is 2. The van der Waals surface area contributed by atoms with E-state index in [1.54, 1.807) is 12.3 Å². The second kappa shape index (κ2) is 7.33. The molecule has 3 N–H and O–H groups in total. The van der Waals surface area contributed by atoms with Crippen LogP contribution in [0.2, 0.25) is 5.02 Å². The number of pyridine rings is 1. The predicted octanol–water partition coefficient (Wildman–Crippen LogP) is 2.88. The Bertz CT molecular complexity index is 548. The number of nitrogens with one attached hydrogen (secondary N) is 1. The molecule has 1 atom stereocenters. The molecule has 106 valence electrons. The molecule has 0 saturated heterocycles. The summed E-state index contributed by atoms with van der Waals surface area (Å²) >= 11 is 6.03. The highest BCUT2D eigenvalue weighted by Crippen LogP contribution is 2.19.